The van der Waals surface area contributed by atoms with Crippen LogP contribution in [0.25, 0.3) is 0 Å². The summed E-state index contributed by atoms with van der Waals surface area (Å²) in [7, 11) is 2.28. The molecule has 3 rings (SSSR count). The lowest BCUT2D eigenvalue weighted by Gasteiger charge is -2.33. The number of oxime groups is 1. The van der Waals surface area contributed by atoms with E-state index in [1.807, 2.05) is 30.3 Å². The van der Waals surface area contributed by atoms with Gasteiger partial charge in [-0.25, -0.2) is 14.4 Å². The van der Waals surface area contributed by atoms with Crippen molar-refractivity contribution in [3.8, 4) is 0 Å². The maximum atomic E-state index is 12.9. The first-order chi connectivity index (χ1) is 14.9. The molecule has 166 valence electrons. The van der Waals surface area contributed by atoms with E-state index < -0.39 is 29.3 Å². The van der Waals surface area contributed by atoms with Crippen LogP contribution in [0.3, 0.4) is 0 Å². The molecule has 0 aliphatic carbocycles. The van der Waals surface area contributed by atoms with Gasteiger partial charge in [-0.2, -0.15) is 0 Å². The molecule has 2 aliphatic rings. The van der Waals surface area contributed by atoms with Gasteiger partial charge in [0.15, 0.2) is 5.84 Å². The smallest absolute Gasteiger partial charge is 0.411 e. The second-order valence-corrected chi connectivity index (χ2v) is 7.26. The van der Waals surface area contributed by atoms with Crippen molar-refractivity contribution in [2.75, 3.05) is 14.2 Å². The zero-order chi connectivity index (χ0) is 22.4. The molecule has 1 amide bonds. The summed E-state index contributed by atoms with van der Waals surface area (Å²) in [6, 6.07) is 9.35. The molecule has 1 aromatic rings. The summed E-state index contributed by atoms with van der Waals surface area (Å²) in [6.07, 6.45) is 2.99. The number of hydrogen-bond donors (Lipinski definition) is 1. The average molecular weight is 431 g/mol. The molecule has 2 saturated heterocycles. The Labute approximate surface area is 179 Å². The molecule has 2 heterocycles. The van der Waals surface area contributed by atoms with E-state index in [4.69, 9.17) is 15.3 Å². The van der Waals surface area contributed by atoms with Crippen LogP contribution in [-0.4, -0.2) is 54.6 Å². The normalized spacial score (nSPS) is 22.8. The maximum absolute atomic E-state index is 12.9. The minimum atomic E-state index is -0.922. The number of benzene rings is 1. The minimum absolute atomic E-state index is 0.0114. The van der Waals surface area contributed by atoms with Gasteiger partial charge < -0.3 is 24.8 Å². The number of amidine groups is 1. The number of nitrogens with two attached hydrogens (primary N) is 1. The van der Waals surface area contributed by atoms with Gasteiger partial charge in [-0.15, -0.1) is 0 Å². The van der Waals surface area contributed by atoms with Crippen LogP contribution in [0.1, 0.15) is 31.2 Å². The monoisotopic (exact) mass is 431 g/mol. The fourth-order valence-electron chi connectivity index (χ4n) is 3.99. The zero-order valence-corrected chi connectivity index (χ0v) is 17.4. The molecule has 0 atom stereocenters. The first kappa shape index (κ1) is 22.1. The van der Waals surface area contributed by atoms with E-state index in [1.165, 1.54) is 0 Å². The number of amides is 1. The van der Waals surface area contributed by atoms with Crippen LogP contribution in [0, 0.1) is 0 Å². The molecular weight excluding hydrogens is 406 g/mol. The number of fused-ring (bicyclic) bond motifs is 2. The Morgan fingerprint density at radius 1 is 1.16 bits per heavy atom. The van der Waals surface area contributed by atoms with Crippen LogP contribution in [0.15, 0.2) is 47.3 Å². The summed E-state index contributed by atoms with van der Waals surface area (Å²) in [5.41, 5.74) is 6.22. The molecule has 2 N–H and O–H groups in total. The number of carbonyl (C=O) groups is 3. The van der Waals surface area contributed by atoms with Crippen LogP contribution in [0.5, 0.6) is 0 Å². The molecule has 0 saturated carbocycles. The second-order valence-electron chi connectivity index (χ2n) is 7.26. The van der Waals surface area contributed by atoms with E-state index in [-0.39, 0.29) is 18.5 Å². The number of carbonyl (C=O) groups excluding carboxylic acids is 3. The van der Waals surface area contributed by atoms with Crippen molar-refractivity contribution in [1.82, 2.24) is 4.90 Å². The Morgan fingerprint density at radius 2 is 1.84 bits per heavy atom. The number of esters is 2. The van der Waals surface area contributed by atoms with E-state index in [0.717, 1.165) is 38.7 Å². The third kappa shape index (κ3) is 4.62. The summed E-state index contributed by atoms with van der Waals surface area (Å²) in [6.45, 7) is 0.140. The SMILES string of the molecule is COC(=O)/C=C(/O/N=C(\N)C12CCC(CC1)N2C(=O)OCc1ccccc1)C(=O)OC. The lowest BCUT2D eigenvalue weighted by Crippen LogP contribution is -2.54. The second kappa shape index (κ2) is 9.50. The first-order valence-electron chi connectivity index (χ1n) is 9.80. The predicted octanol–water partition coefficient (Wildman–Crippen LogP) is 1.84. The minimum Gasteiger partial charge on any atom is -0.466 e. The van der Waals surface area contributed by atoms with E-state index in [0.29, 0.717) is 12.8 Å². The quantitative estimate of drug-likeness (QED) is 0.132. The number of nitrogens with zero attached hydrogens (tertiary/aromatic N) is 2. The standard InChI is InChI=1S/C21H25N3O7/c1-28-17(25)12-16(18(26)29-2)31-23-19(22)21-10-8-15(9-11-21)24(21)20(27)30-13-14-6-4-3-5-7-14/h3-7,12,15H,8-11,13H2,1-2H3,(H2,22,23)/b16-12+. The molecule has 2 aliphatic heterocycles. The van der Waals surface area contributed by atoms with Crippen molar-refractivity contribution >= 4 is 23.9 Å². The Balaban J connectivity index is 1.75. The van der Waals surface area contributed by atoms with Gasteiger partial charge in [0.25, 0.3) is 0 Å². The molecule has 1 aromatic carbocycles. The molecule has 0 unspecified atom stereocenters. The molecular formula is C21H25N3O7. The van der Waals surface area contributed by atoms with Crippen molar-refractivity contribution in [3.63, 3.8) is 0 Å². The van der Waals surface area contributed by atoms with Gasteiger partial charge in [0.1, 0.15) is 12.1 Å². The number of rotatable bonds is 7. The van der Waals surface area contributed by atoms with Crippen LogP contribution in [-0.2, 0) is 35.2 Å². The molecule has 10 nitrogen and oxygen atoms in total. The maximum Gasteiger partial charge on any atom is 0.411 e. The Morgan fingerprint density at radius 3 is 2.45 bits per heavy atom. The summed E-state index contributed by atoms with van der Waals surface area (Å²) in [4.78, 5) is 42.9. The highest BCUT2D eigenvalue weighted by Gasteiger charge is 2.57. The molecule has 2 fully saturated rings. The number of hydrogen-bond acceptors (Lipinski definition) is 8. The highest BCUT2D eigenvalue weighted by Crippen LogP contribution is 2.47. The van der Waals surface area contributed by atoms with E-state index in [2.05, 4.69) is 14.6 Å². The van der Waals surface area contributed by atoms with Crippen LogP contribution < -0.4 is 5.73 Å². The Kier molecular flexibility index (Phi) is 6.78. The average Bonchev–Trinajstić information content (AvgIpc) is 3.37. The summed E-state index contributed by atoms with van der Waals surface area (Å²) in [5.74, 6) is -2.21. The summed E-state index contributed by atoms with van der Waals surface area (Å²) in [5, 5.41) is 3.85. The van der Waals surface area contributed by atoms with E-state index >= 15 is 0 Å². The Bertz CT molecular complexity index is 889. The number of methoxy groups -OCH3 is 2. The van der Waals surface area contributed by atoms with Crippen LogP contribution in [0.2, 0.25) is 0 Å². The lowest BCUT2D eigenvalue weighted by atomic mass is 9.87. The van der Waals surface area contributed by atoms with Gasteiger partial charge in [-0.05, 0) is 31.2 Å². The van der Waals surface area contributed by atoms with Crippen molar-refractivity contribution < 1.29 is 33.4 Å². The van der Waals surface area contributed by atoms with E-state index in [1.54, 1.807) is 4.90 Å². The fourth-order valence-corrected chi connectivity index (χ4v) is 3.99. The van der Waals surface area contributed by atoms with Gasteiger partial charge >= 0.3 is 18.0 Å². The largest absolute Gasteiger partial charge is 0.466 e. The van der Waals surface area contributed by atoms with Crippen molar-refractivity contribution in [1.29, 1.82) is 0 Å². The van der Waals surface area contributed by atoms with Crippen molar-refractivity contribution in [2.24, 2.45) is 10.9 Å². The molecule has 31 heavy (non-hydrogen) atoms. The molecule has 2 bridgehead atoms. The zero-order valence-electron chi connectivity index (χ0n) is 17.4. The Hall–Kier alpha value is -3.56. The summed E-state index contributed by atoms with van der Waals surface area (Å²) >= 11 is 0. The van der Waals surface area contributed by atoms with Crippen molar-refractivity contribution in [2.45, 2.75) is 43.9 Å². The summed E-state index contributed by atoms with van der Waals surface area (Å²) < 4.78 is 14.6. The highest BCUT2D eigenvalue weighted by atomic mass is 16.7. The molecule has 10 heteroatoms. The van der Waals surface area contributed by atoms with Crippen LogP contribution >= 0.6 is 0 Å². The molecule has 0 spiro atoms. The van der Waals surface area contributed by atoms with Crippen molar-refractivity contribution in [3.05, 3.63) is 47.7 Å². The fraction of sp³-hybridized carbons (Fsp3) is 0.429. The van der Waals surface area contributed by atoms with Gasteiger partial charge in [-0.3, -0.25) is 4.90 Å². The topological polar surface area (TPSA) is 130 Å². The third-order valence-electron chi connectivity index (χ3n) is 5.57. The van der Waals surface area contributed by atoms with Gasteiger partial charge in [-0.1, -0.05) is 35.5 Å². The van der Waals surface area contributed by atoms with E-state index in [9.17, 15) is 14.4 Å². The van der Waals surface area contributed by atoms with Gasteiger partial charge in [0.2, 0.25) is 5.76 Å². The third-order valence-corrected chi connectivity index (χ3v) is 5.57. The van der Waals surface area contributed by atoms with Crippen LogP contribution in [0.4, 0.5) is 4.79 Å². The molecule has 0 aromatic heterocycles. The number of ether oxygens (including phenoxy) is 3. The first-order valence-corrected chi connectivity index (χ1v) is 9.80. The highest BCUT2D eigenvalue weighted by molar-refractivity contribution is 5.96. The molecule has 0 radical (unpaired) electrons. The van der Waals surface area contributed by atoms with Gasteiger partial charge in [0.05, 0.1) is 20.3 Å². The van der Waals surface area contributed by atoms with Gasteiger partial charge in [0, 0.05) is 6.04 Å². The lowest BCUT2D eigenvalue weighted by molar-refractivity contribution is -0.142. The predicted molar refractivity (Wildman–Crippen MR) is 108 cm³/mol.